The fourth-order valence-corrected chi connectivity index (χ4v) is 20.2. The molecule has 0 spiro atoms. The molecule has 138 heavy (non-hydrogen) atoms. The highest BCUT2D eigenvalue weighted by molar-refractivity contribution is 6.48. The van der Waals surface area contributed by atoms with E-state index in [0.29, 0.717) is 86.6 Å². The number of amides is 3. The van der Waals surface area contributed by atoms with E-state index in [1.807, 2.05) is 77.0 Å². The quantitative estimate of drug-likeness (QED) is 0.0487. The number of halogens is 15. The van der Waals surface area contributed by atoms with Gasteiger partial charge in [-0.1, -0.05) is 200 Å². The summed E-state index contributed by atoms with van der Waals surface area (Å²) in [5, 5.41) is 58.8. The van der Waals surface area contributed by atoms with Crippen LogP contribution in [0.4, 0.5) is 30.2 Å². The first-order valence-electron chi connectivity index (χ1n) is 42.4. The van der Waals surface area contributed by atoms with Crippen LogP contribution in [0.25, 0.3) is 83.9 Å². The average molecular weight is 2110 g/mol. The number of carbonyl (C=O) groups excluding carboxylic acids is 3. The smallest absolute Gasteiger partial charge is 0.276 e. The minimum Gasteiger partial charge on any atom is -0.505 e. The number of pyridine rings is 9. The number of aryl methyl sites for hydroxylation is 3. The zero-order chi connectivity index (χ0) is 101. The number of nitriles is 3. The second-order valence-corrected chi connectivity index (χ2v) is 38.2. The number of fused-ring (bicyclic) bond motifs is 3. The van der Waals surface area contributed by atoms with Gasteiger partial charge in [-0.2, -0.15) is 15.8 Å². The van der Waals surface area contributed by atoms with Crippen LogP contribution in [0.1, 0.15) is 131 Å². The Morgan fingerprint density at radius 1 is 0.399 bits per heavy atom. The number of benzene rings is 3. The maximum absolute atomic E-state index is 15.7. The molecule has 0 saturated carbocycles. The molecule has 0 aliphatic carbocycles. The summed E-state index contributed by atoms with van der Waals surface area (Å²) < 4.78 is 50.9. The van der Waals surface area contributed by atoms with Gasteiger partial charge in [0.15, 0.2) is 34.7 Å². The molecule has 3 aliphatic heterocycles. The first-order chi connectivity index (χ1) is 65.2. The molecule has 9 aromatic heterocycles. The monoisotopic (exact) mass is 2110 g/mol. The number of piperazine rings is 3. The van der Waals surface area contributed by atoms with Crippen molar-refractivity contribution in [3.63, 3.8) is 0 Å². The summed E-state index contributed by atoms with van der Waals surface area (Å²) in [4.78, 5) is 119. The predicted octanol–water partition coefficient (Wildman–Crippen LogP) is 22.3. The molecule has 0 unspecified atom stereocenters. The first kappa shape index (κ1) is 104. The lowest BCUT2D eigenvalue weighted by molar-refractivity contribution is -0.129. The molecule has 42 heteroatoms. The summed E-state index contributed by atoms with van der Waals surface area (Å²) in [7, 11) is 0. The van der Waals surface area contributed by atoms with Crippen LogP contribution in [0.3, 0.4) is 0 Å². The zero-order valence-electron chi connectivity index (χ0n) is 75.4. The van der Waals surface area contributed by atoms with Gasteiger partial charge in [-0.25, -0.2) is 28.1 Å². The molecule has 3 amide bonds. The number of phenolic OH excluding ortho intramolecular Hbond substituents is 3. The van der Waals surface area contributed by atoms with E-state index in [2.05, 4.69) is 52.9 Å². The van der Waals surface area contributed by atoms with E-state index in [0.717, 1.165) is 0 Å². The Balaban J connectivity index is 0.000000175. The fourth-order valence-electron chi connectivity index (χ4n) is 17.4. The lowest BCUT2D eigenvalue weighted by atomic mass is 10.0. The Hall–Kier alpha value is -11.6. The zero-order valence-corrected chi connectivity index (χ0v) is 84.5. The van der Waals surface area contributed by atoms with Crippen molar-refractivity contribution < 1.29 is 42.9 Å². The van der Waals surface area contributed by atoms with E-state index >= 15 is 13.2 Å². The van der Waals surface area contributed by atoms with Crippen molar-refractivity contribution in [2.45, 2.75) is 119 Å². The third-order valence-corrected chi connectivity index (χ3v) is 28.4. The molecular weight excluding hydrogens is 2030 g/mol. The van der Waals surface area contributed by atoms with E-state index in [4.69, 9.17) is 154 Å². The number of carbonyl (C=O) groups is 3. The van der Waals surface area contributed by atoms with E-state index in [-0.39, 0.29) is 176 Å². The Bertz CT molecular complexity index is 6790. The van der Waals surface area contributed by atoms with E-state index < -0.39 is 113 Å². The summed E-state index contributed by atoms with van der Waals surface area (Å²) in [6, 6.07) is 14.9. The average Bonchev–Trinajstić information content (AvgIpc) is 0.726. The van der Waals surface area contributed by atoms with Crippen LogP contribution >= 0.6 is 139 Å². The third kappa shape index (κ3) is 18.3. The molecule has 12 aromatic rings. The predicted molar refractivity (Wildman–Crippen MR) is 538 cm³/mol. The Morgan fingerprint density at radius 2 is 0.630 bits per heavy atom. The standard InChI is InChI=1S/3C32H27Cl4FN6O3/c3*1-6-20(44)42-10-9-41(13-16(42)5)29-17-11-19(33)27(21-22(34)30(45)24(36)23(35)25(21)37)40-31(17)43(32(46)18(29)12-38)28-15(4)7-8-39-26(28)14(2)3/h3*6-8,11,14,16,45H,1,9-10,13H2,2-5H3/t3*16-/m111/s1. The summed E-state index contributed by atoms with van der Waals surface area (Å²) in [6.45, 7) is 35.7. The van der Waals surface area contributed by atoms with E-state index in [1.54, 1.807) is 72.3 Å². The molecule has 3 atom stereocenters. The maximum Gasteiger partial charge on any atom is 0.276 e. The van der Waals surface area contributed by atoms with Crippen molar-refractivity contribution >= 4 is 207 Å². The molecule has 0 bridgehead atoms. The lowest BCUT2D eigenvalue weighted by Gasteiger charge is -2.41. The minimum atomic E-state index is -1.08. The molecule has 714 valence electrons. The van der Waals surface area contributed by atoms with Gasteiger partial charge in [-0.15, -0.1) is 0 Å². The number of aromatic hydroxyl groups is 3. The van der Waals surface area contributed by atoms with Crippen LogP contribution in [0.15, 0.2) is 107 Å². The largest absolute Gasteiger partial charge is 0.505 e. The molecule has 12 heterocycles. The number of nitrogens with zero attached hydrogens (tertiary/aromatic N) is 18. The minimum absolute atomic E-state index is 0.0229. The number of rotatable bonds is 15. The molecule has 3 aliphatic rings. The molecule has 3 saturated heterocycles. The van der Waals surface area contributed by atoms with Crippen LogP contribution in [-0.2, 0) is 14.4 Å². The second kappa shape index (κ2) is 41.4. The van der Waals surface area contributed by atoms with Crippen molar-refractivity contribution in [1.82, 2.24) is 58.3 Å². The summed E-state index contributed by atoms with van der Waals surface area (Å²) in [5.74, 6) is -6.42. The highest BCUT2D eigenvalue weighted by atomic mass is 35.5. The number of hydrogen-bond acceptors (Lipinski definition) is 21. The topological polar surface area (TPSA) is 346 Å². The van der Waals surface area contributed by atoms with Gasteiger partial charge in [-0.3, -0.25) is 57.4 Å². The molecule has 15 rings (SSSR count). The molecule has 3 N–H and O–H groups in total. The summed E-state index contributed by atoms with van der Waals surface area (Å²) in [6.07, 6.45) is 8.58. The van der Waals surface area contributed by atoms with Crippen molar-refractivity contribution in [2.24, 2.45) is 0 Å². The molecule has 3 aromatic carbocycles. The van der Waals surface area contributed by atoms with Crippen LogP contribution < -0.4 is 31.4 Å². The van der Waals surface area contributed by atoms with Crippen LogP contribution in [0.2, 0.25) is 60.3 Å². The Kier molecular flexibility index (Phi) is 31.1. The summed E-state index contributed by atoms with van der Waals surface area (Å²) in [5.41, 5.74) is 1.13. The normalized spacial score (nSPS) is 15.0. The maximum atomic E-state index is 15.7. The van der Waals surface area contributed by atoms with Gasteiger partial charge in [0.1, 0.15) is 66.9 Å². The van der Waals surface area contributed by atoms with Crippen molar-refractivity contribution in [3.8, 4) is 86.3 Å². The van der Waals surface area contributed by atoms with Crippen LogP contribution in [0, 0.1) is 72.2 Å². The number of phenols is 3. The van der Waals surface area contributed by atoms with Gasteiger partial charge >= 0.3 is 0 Å². The molecule has 27 nitrogen and oxygen atoms in total. The highest BCUT2D eigenvalue weighted by Gasteiger charge is 2.40. The second-order valence-electron chi connectivity index (χ2n) is 33.6. The number of hydrogen-bond donors (Lipinski definition) is 3. The van der Waals surface area contributed by atoms with Gasteiger partial charge < -0.3 is 44.7 Å². The summed E-state index contributed by atoms with van der Waals surface area (Å²) >= 11 is 75.7. The third-order valence-electron chi connectivity index (χ3n) is 24.0. The van der Waals surface area contributed by atoms with Gasteiger partial charge in [0.2, 0.25) is 17.7 Å². The number of anilines is 3. The first-order valence-corrected chi connectivity index (χ1v) is 46.9. The Labute approximate surface area is 848 Å². The van der Waals surface area contributed by atoms with Crippen LogP contribution in [-0.4, -0.2) is 168 Å². The van der Waals surface area contributed by atoms with Crippen molar-refractivity contribution in [3.05, 3.63) is 252 Å². The molecular formula is C96H81Cl12F3N18O9. The Morgan fingerprint density at radius 3 is 0.833 bits per heavy atom. The van der Waals surface area contributed by atoms with Crippen molar-refractivity contribution in [2.75, 3.05) is 73.6 Å². The number of aromatic nitrogens is 9. The van der Waals surface area contributed by atoms with Crippen LogP contribution in [0.5, 0.6) is 17.2 Å². The fraction of sp³-hybridized carbons (Fsp3) is 0.281. The van der Waals surface area contributed by atoms with Crippen molar-refractivity contribution in [1.29, 1.82) is 15.8 Å². The van der Waals surface area contributed by atoms with Gasteiger partial charge in [0.25, 0.3) is 16.7 Å². The van der Waals surface area contributed by atoms with E-state index in [9.17, 15) is 59.9 Å². The van der Waals surface area contributed by atoms with Gasteiger partial charge in [0, 0.05) is 112 Å². The molecule has 3 fully saturated rings. The van der Waals surface area contributed by atoms with Gasteiger partial charge in [0.05, 0.1) is 130 Å². The van der Waals surface area contributed by atoms with E-state index in [1.165, 1.54) is 50.1 Å². The molecule has 0 radical (unpaired) electrons. The SMILES string of the molecule is C=CC(=O)N1CCN(c2c(C#N)c(=O)n(-c3c(C)ccnc3C(C)C)c3nc(-c4c(F)c(Cl)c(Cl)c(O)c4Cl)c(Cl)cc23)C[C@H]1C.C=CC(=O)N1CCN(c2c(C#N)c(=O)n(-c3c(C)ccnc3C(C)C)c3nc(-c4c(F)c(Cl)c(Cl)c(O)c4Cl)c(Cl)cc23)C[C@H]1C.C=CC(=O)N1CCN(c2c(C#N)c(=O)n(-c3c(C)ccnc3C(C)C)c3nc(-c4c(F)c(Cl)c(Cl)c(O)c4Cl)c(Cl)cc23)C[C@H]1C. The van der Waals surface area contributed by atoms with Gasteiger partial charge in [-0.05, 0) is 131 Å². The highest BCUT2D eigenvalue weighted by Crippen LogP contribution is 2.53. The lowest BCUT2D eigenvalue weighted by Crippen LogP contribution is -2.54.